The van der Waals surface area contributed by atoms with Crippen molar-refractivity contribution in [2.45, 2.75) is 6.92 Å². The van der Waals surface area contributed by atoms with E-state index in [1.807, 2.05) is 19.3 Å². The van der Waals surface area contributed by atoms with Gasteiger partial charge in [-0.15, -0.1) is 0 Å². The van der Waals surface area contributed by atoms with Crippen LogP contribution in [0.4, 0.5) is 5.69 Å². The lowest BCUT2D eigenvalue weighted by atomic mass is 10.0. The van der Waals surface area contributed by atoms with Crippen LogP contribution in [0.3, 0.4) is 0 Å². The van der Waals surface area contributed by atoms with Crippen LogP contribution in [-0.4, -0.2) is 13.6 Å². The van der Waals surface area contributed by atoms with Crippen molar-refractivity contribution in [3.05, 3.63) is 66.4 Å². The molecule has 0 spiro atoms. The molecule has 0 unspecified atom stereocenters. The first-order valence-corrected chi connectivity index (χ1v) is 6.53. The topological polar surface area (TPSA) is 24.1 Å². The van der Waals surface area contributed by atoms with Crippen molar-refractivity contribution in [2.24, 2.45) is 0 Å². The third kappa shape index (κ3) is 3.62. The molecule has 2 aromatic rings. The van der Waals surface area contributed by atoms with Gasteiger partial charge in [-0.2, -0.15) is 0 Å². The monoisotopic (exact) mass is 252 g/mol. The predicted octanol–water partition coefficient (Wildman–Crippen LogP) is 3.81. The lowest BCUT2D eigenvalue weighted by Crippen LogP contribution is -2.02. The Morgan fingerprint density at radius 3 is 2.47 bits per heavy atom. The Morgan fingerprint density at radius 2 is 1.79 bits per heavy atom. The van der Waals surface area contributed by atoms with Crippen molar-refractivity contribution in [3.63, 3.8) is 0 Å². The molecule has 2 nitrogen and oxygen atoms in total. The van der Waals surface area contributed by atoms with Gasteiger partial charge in [0.15, 0.2) is 0 Å². The Balaban J connectivity index is 2.11. The van der Waals surface area contributed by atoms with Crippen LogP contribution in [0.25, 0.3) is 11.1 Å². The lowest BCUT2D eigenvalue weighted by molar-refractivity contribution is 1.09. The fourth-order valence-electron chi connectivity index (χ4n) is 2.02. The molecule has 0 saturated carbocycles. The Kier molecular flexibility index (Phi) is 4.62. The van der Waals surface area contributed by atoms with E-state index in [1.54, 1.807) is 0 Å². The van der Waals surface area contributed by atoms with Gasteiger partial charge in [0.2, 0.25) is 0 Å². The van der Waals surface area contributed by atoms with Crippen LogP contribution in [0.1, 0.15) is 5.56 Å². The number of hydrogen-bond donors (Lipinski definition) is 2. The summed E-state index contributed by atoms with van der Waals surface area (Å²) in [5.41, 5.74) is 4.96. The van der Waals surface area contributed by atoms with Gasteiger partial charge in [-0.25, -0.2) is 0 Å². The number of nitrogens with one attached hydrogen (secondary N) is 2. The summed E-state index contributed by atoms with van der Waals surface area (Å²) in [6, 6.07) is 17.0. The van der Waals surface area contributed by atoms with Crippen LogP contribution in [-0.2, 0) is 0 Å². The van der Waals surface area contributed by atoms with Crippen LogP contribution < -0.4 is 10.6 Å². The van der Waals surface area contributed by atoms with Gasteiger partial charge < -0.3 is 10.6 Å². The van der Waals surface area contributed by atoms with Crippen molar-refractivity contribution in [1.82, 2.24) is 5.32 Å². The molecule has 98 valence electrons. The van der Waals surface area contributed by atoms with Crippen molar-refractivity contribution in [2.75, 3.05) is 18.9 Å². The molecule has 0 bridgehead atoms. The van der Waals surface area contributed by atoms with Gasteiger partial charge >= 0.3 is 0 Å². The summed E-state index contributed by atoms with van der Waals surface area (Å²) in [4.78, 5) is 0. The molecule has 0 saturated heterocycles. The molecule has 2 rings (SSSR count). The number of anilines is 1. The number of benzene rings is 2. The summed E-state index contributed by atoms with van der Waals surface area (Å²) in [7, 11) is 1.90. The van der Waals surface area contributed by atoms with Crippen LogP contribution in [0.5, 0.6) is 0 Å². The molecule has 0 aromatic heterocycles. The first-order chi connectivity index (χ1) is 9.31. The maximum atomic E-state index is 3.40. The summed E-state index contributed by atoms with van der Waals surface area (Å²) in [6.45, 7) is 2.96. The standard InChI is InChI=1S/C17H20N2/c1-14-13-16(15-7-4-3-5-8-15)9-10-17(14)19-12-6-11-18-2/h3-11,13,18-19H,12H2,1-2H3. The van der Waals surface area contributed by atoms with E-state index in [0.717, 1.165) is 6.54 Å². The maximum absolute atomic E-state index is 3.40. The summed E-state index contributed by atoms with van der Waals surface area (Å²) < 4.78 is 0. The van der Waals surface area contributed by atoms with Crippen molar-refractivity contribution in [3.8, 4) is 11.1 Å². The minimum absolute atomic E-state index is 0.826. The molecule has 19 heavy (non-hydrogen) atoms. The molecule has 2 heteroatoms. The van der Waals surface area contributed by atoms with Gasteiger partial charge in [0.25, 0.3) is 0 Å². The van der Waals surface area contributed by atoms with E-state index in [2.05, 4.69) is 66.1 Å². The Bertz CT molecular complexity index is 544. The lowest BCUT2D eigenvalue weighted by Gasteiger charge is -2.10. The fraction of sp³-hybridized carbons (Fsp3) is 0.176. The molecular formula is C17H20N2. The average molecular weight is 252 g/mol. The zero-order chi connectivity index (χ0) is 13.5. The van der Waals surface area contributed by atoms with Crippen molar-refractivity contribution < 1.29 is 0 Å². The summed E-state index contributed by atoms with van der Waals surface area (Å²) >= 11 is 0. The van der Waals surface area contributed by atoms with Gasteiger partial charge in [0, 0.05) is 19.3 Å². The Morgan fingerprint density at radius 1 is 1.00 bits per heavy atom. The molecule has 0 aliphatic heterocycles. The molecule has 0 atom stereocenters. The van der Waals surface area contributed by atoms with Gasteiger partial charge in [-0.05, 0) is 48.0 Å². The van der Waals surface area contributed by atoms with Crippen LogP contribution in [0.15, 0.2) is 60.8 Å². The highest BCUT2D eigenvalue weighted by atomic mass is 14.9. The first-order valence-electron chi connectivity index (χ1n) is 6.53. The third-order valence-electron chi connectivity index (χ3n) is 3.03. The normalized spacial score (nSPS) is 10.6. The van der Waals surface area contributed by atoms with Crippen LogP contribution >= 0.6 is 0 Å². The van der Waals surface area contributed by atoms with E-state index in [-0.39, 0.29) is 0 Å². The van der Waals surface area contributed by atoms with Gasteiger partial charge in [0.05, 0.1) is 0 Å². The van der Waals surface area contributed by atoms with Crippen molar-refractivity contribution in [1.29, 1.82) is 0 Å². The highest BCUT2D eigenvalue weighted by Gasteiger charge is 2.00. The predicted molar refractivity (Wildman–Crippen MR) is 83.3 cm³/mol. The molecule has 2 aromatic carbocycles. The van der Waals surface area contributed by atoms with E-state index in [4.69, 9.17) is 0 Å². The highest BCUT2D eigenvalue weighted by Crippen LogP contribution is 2.24. The zero-order valence-corrected chi connectivity index (χ0v) is 11.5. The quantitative estimate of drug-likeness (QED) is 0.845. The second-order valence-electron chi connectivity index (χ2n) is 4.47. The summed E-state index contributed by atoms with van der Waals surface area (Å²) in [6.07, 6.45) is 3.99. The first kappa shape index (κ1) is 13.2. The SMILES string of the molecule is CNC=CCNc1ccc(-c2ccccc2)cc1C. The summed E-state index contributed by atoms with van der Waals surface area (Å²) in [5.74, 6) is 0. The van der Waals surface area contributed by atoms with Gasteiger partial charge in [-0.3, -0.25) is 0 Å². The minimum atomic E-state index is 0.826. The maximum Gasteiger partial charge on any atom is 0.0372 e. The van der Waals surface area contributed by atoms with Crippen molar-refractivity contribution >= 4 is 5.69 Å². The number of hydrogen-bond acceptors (Lipinski definition) is 2. The Labute approximate surface area is 115 Å². The second kappa shape index (κ2) is 6.64. The molecule has 0 aliphatic rings. The van der Waals surface area contributed by atoms with Gasteiger partial charge in [0.1, 0.15) is 0 Å². The van der Waals surface area contributed by atoms with Crippen LogP contribution in [0, 0.1) is 6.92 Å². The largest absolute Gasteiger partial charge is 0.394 e. The molecule has 0 amide bonds. The molecule has 0 heterocycles. The van der Waals surface area contributed by atoms with E-state index < -0.39 is 0 Å². The molecule has 0 fully saturated rings. The second-order valence-corrected chi connectivity index (χ2v) is 4.47. The van der Waals surface area contributed by atoms with E-state index in [9.17, 15) is 0 Å². The molecule has 0 radical (unpaired) electrons. The smallest absolute Gasteiger partial charge is 0.0372 e. The minimum Gasteiger partial charge on any atom is -0.394 e. The zero-order valence-electron chi connectivity index (χ0n) is 11.5. The number of rotatable bonds is 5. The van der Waals surface area contributed by atoms with Crippen LogP contribution in [0.2, 0.25) is 0 Å². The van der Waals surface area contributed by atoms with E-state index >= 15 is 0 Å². The van der Waals surface area contributed by atoms with Gasteiger partial charge in [-0.1, -0.05) is 36.4 Å². The average Bonchev–Trinajstić information content (AvgIpc) is 2.46. The molecular weight excluding hydrogens is 232 g/mol. The molecule has 2 N–H and O–H groups in total. The van der Waals surface area contributed by atoms with E-state index in [1.165, 1.54) is 22.4 Å². The fourth-order valence-corrected chi connectivity index (χ4v) is 2.02. The number of aryl methyl sites for hydroxylation is 1. The highest BCUT2D eigenvalue weighted by molar-refractivity contribution is 5.68. The third-order valence-corrected chi connectivity index (χ3v) is 3.03. The van der Waals surface area contributed by atoms with E-state index in [0.29, 0.717) is 0 Å². The molecule has 0 aliphatic carbocycles. The summed E-state index contributed by atoms with van der Waals surface area (Å²) in [5, 5.41) is 6.38. The Hall–Kier alpha value is -2.22.